The van der Waals surface area contributed by atoms with E-state index in [0.29, 0.717) is 17.0 Å². The summed E-state index contributed by atoms with van der Waals surface area (Å²) in [5.74, 6) is 0. The Kier molecular flexibility index (Phi) is 5.22. The van der Waals surface area contributed by atoms with E-state index in [4.69, 9.17) is 0 Å². The van der Waals surface area contributed by atoms with Crippen LogP contribution in [0, 0.1) is 5.41 Å². The maximum Gasteiger partial charge on any atom is 0.0277 e. The van der Waals surface area contributed by atoms with E-state index in [1.807, 2.05) is 0 Å². The number of piperazine rings is 1. The van der Waals surface area contributed by atoms with Crippen molar-refractivity contribution in [2.24, 2.45) is 5.41 Å². The summed E-state index contributed by atoms with van der Waals surface area (Å²) < 4.78 is 0. The molecule has 0 radical (unpaired) electrons. The smallest absolute Gasteiger partial charge is 0.0277 e. The van der Waals surface area contributed by atoms with Crippen molar-refractivity contribution in [1.82, 2.24) is 15.1 Å². The molecule has 18 heavy (non-hydrogen) atoms. The van der Waals surface area contributed by atoms with Crippen molar-refractivity contribution in [2.75, 3.05) is 39.8 Å². The lowest BCUT2D eigenvalue weighted by Crippen LogP contribution is -2.59. The van der Waals surface area contributed by atoms with E-state index in [1.54, 1.807) is 0 Å². The predicted molar refractivity (Wildman–Crippen MR) is 80.1 cm³/mol. The maximum absolute atomic E-state index is 3.57. The molecule has 1 aliphatic heterocycles. The lowest BCUT2D eigenvalue weighted by atomic mass is 9.90. The van der Waals surface area contributed by atoms with Crippen molar-refractivity contribution in [2.45, 2.75) is 53.1 Å². The number of rotatable bonds is 5. The van der Waals surface area contributed by atoms with Crippen LogP contribution in [-0.2, 0) is 0 Å². The van der Waals surface area contributed by atoms with Crippen LogP contribution < -0.4 is 5.32 Å². The van der Waals surface area contributed by atoms with Crippen LogP contribution in [0.1, 0.15) is 41.5 Å². The quantitative estimate of drug-likeness (QED) is 0.811. The van der Waals surface area contributed by atoms with E-state index in [1.165, 1.54) is 26.2 Å². The van der Waals surface area contributed by atoms with E-state index in [-0.39, 0.29) is 0 Å². The Morgan fingerprint density at radius 1 is 1.22 bits per heavy atom. The second-order valence-electron chi connectivity index (χ2n) is 7.64. The second-order valence-corrected chi connectivity index (χ2v) is 7.64. The van der Waals surface area contributed by atoms with Gasteiger partial charge < -0.3 is 5.32 Å². The topological polar surface area (TPSA) is 18.5 Å². The zero-order valence-electron chi connectivity index (χ0n) is 13.5. The molecule has 1 saturated heterocycles. The molecular weight excluding hydrogens is 222 g/mol. The van der Waals surface area contributed by atoms with E-state index >= 15 is 0 Å². The molecule has 0 atom stereocenters. The molecule has 0 saturated carbocycles. The van der Waals surface area contributed by atoms with Gasteiger partial charge in [-0.1, -0.05) is 27.7 Å². The zero-order valence-corrected chi connectivity index (χ0v) is 13.5. The van der Waals surface area contributed by atoms with Gasteiger partial charge in [0.2, 0.25) is 0 Å². The SMILES string of the molecule is CC(C)NCC(C)(C)CN1CCN(C)C(C)(C)C1. The van der Waals surface area contributed by atoms with Crippen LogP contribution in [0.4, 0.5) is 0 Å². The monoisotopic (exact) mass is 255 g/mol. The number of hydrogen-bond acceptors (Lipinski definition) is 3. The molecule has 0 unspecified atom stereocenters. The molecule has 3 heteroatoms. The Balaban J connectivity index is 2.47. The van der Waals surface area contributed by atoms with Crippen LogP contribution in [0.3, 0.4) is 0 Å². The lowest BCUT2D eigenvalue weighted by molar-refractivity contribution is 0.0215. The van der Waals surface area contributed by atoms with Crippen LogP contribution in [0.25, 0.3) is 0 Å². The van der Waals surface area contributed by atoms with Crippen molar-refractivity contribution in [3.63, 3.8) is 0 Å². The summed E-state index contributed by atoms with van der Waals surface area (Å²) in [4.78, 5) is 5.10. The van der Waals surface area contributed by atoms with Crippen LogP contribution in [-0.4, -0.2) is 61.2 Å². The van der Waals surface area contributed by atoms with Gasteiger partial charge in [-0.3, -0.25) is 9.80 Å². The fraction of sp³-hybridized carbons (Fsp3) is 1.00. The zero-order chi connectivity index (χ0) is 14.0. The summed E-state index contributed by atoms with van der Waals surface area (Å²) in [6, 6.07) is 0.577. The largest absolute Gasteiger partial charge is 0.314 e. The molecule has 1 heterocycles. The van der Waals surface area contributed by atoms with Crippen molar-refractivity contribution in [1.29, 1.82) is 0 Å². The van der Waals surface area contributed by atoms with E-state index in [9.17, 15) is 0 Å². The third-order valence-electron chi connectivity index (χ3n) is 4.04. The average Bonchev–Trinajstić information content (AvgIpc) is 2.20. The van der Waals surface area contributed by atoms with Gasteiger partial charge in [0.05, 0.1) is 0 Å². The van der Waals surface area contributed by atoms with Crippen molar-refractivity contribution < 1.29 is 0 Å². The fourth-order valence-corrected chi connectivity index (χ4v) is 2.62. The van der Waals surface area contributed by atoms with Gasteiger partial charge in [0, 0.05) is 44.3 Å². The molecule has 0 spiro atoms. The second kappa shape index (κ2) is 5.89. The highest BCUT2D eigenvalue weighted by Crippen LogP contribution is 2.23. The first kappa shape index (κ1) is 15.9. The molecule has 1 N–H and O–H groups in total. The Morgan fingerprint density at radius 2 is 1.83 bits per heavy atom. The highest BCUT2D eigenvalue weighted by atomic mass is 15.3. The molecule has 0 bridgehead atoms. The Labute approximate surface area is 114 Å². The molecule has 0 aliphatic carbocycles. The number of hydrogen-bond donors (Lipinski definition) is 1. The molecule has 0 amide bonds. The predicted octanol–water partition coefficient (Wildman–Crippen LogP) is 2.04. The van der Waals surface area contributed by atoms with Crippen LogP contribution in [0.5, 0.6) is 0 Å². The van der Waals surface area contributed by atoms with E-state index < -0.39 is 0 Å². The molecule has 1 fully saturated rings. The highest BCUT2D eigenvalue weighted by Gasteiger charge is 2.33. The van der Waals surface area contributed by atoms with Crippen LogP contribution in [0.15, 0.2) is 0 Å². The van der Waals surface area contributed by atoms with Gasteiger partial charge in [-0.2, -0.15) is 0 Å². The summed E-state index contributed by atoms with van der Waals surface area (Å²) in [5, 5.41) is 3.57. The van der Waals surface area contributed by atoms with Gasteiger partial charge in [-0.15, -0.1) is 0 Å². The van der Waals surface area contributed by atoms with Gasteiger partial charge in [-0.05, 0) is 26.3 Å². The first-order valence-corrected chi connectivity index (χ1v) is 7.29. The standard InChI is InChI=1S/C15H33N3/c1-13(2)16-10-14(3,4)11-18-9-8-17(7)15(5,6)12-18/h13,16H,8-12H2,1-7H3. The van der Waals surface area contributed by atoms with Gasteiger partial charge in [-0.25, -0.2) is 0 Å². The molecular formula is C15H33N3. The van der Waals surface area contributed by atoms with Gasteiger partial charge in [0.1, 0.15) is 0 Å². The summed E-state index contributed by atoms with van der Waals surface area (Å²) >= 11 is 0. The maximum atomic E-state index is 3.57. The van der Waals surface area contributed by atoms with Gasteiger partial charge in [0.25, 0.3) is 0 Å². The summed E-state index contributed by atoms with van der Waals surface area (Å²) in [6.45, 7) is 19.7. The Morgan fingerprint density at radius 3 is 2.33 bits per heavy atom. The van der Waals surface area contributed by atoms with Crippen molar-refractivity contribution in [3.8, 4) is 0 Å². The summed E-state index contributed by atoms with van der Waals surface area (Å²) in [5.41, 5.74) is 0.649. The minimum Gasteiger partial charge on any atom is -0.314 e. The number of nitrogens with zero attached hydrogens (tertiary/aromatic N) is 2. The molecule has 0 aromatic heterocycles. The van der Waals surface area contributed by atoms with Crippen LogP contribution >= 0.6 is 0 Å². The van der Waals surface area contributed by atoms with Crippen LogP contribution in [0.2, 0.25) is 0 Å². The number of likely N-dealkylation sites (N-methyl/N-ethyl adjacent to an activating group) is 1. The minimum absolute atomic E-state index is 0.305. The van der Waals surface area contributed by atoms with Gasteiger partial charge >= 0.3 is 0 Å². The minimum atomic E-state index is 0.305. The van der Waals surface area contributed by atoms with Gasteiger partial charge in [0.15, 0.2) is 0 Å². The molecule has 0 aromatic carbocycles. The average molecular weight is 255 g/mol. The van der Waals surface area contributed by atoms with Crippen molar-refractivity contribution >= 4 is 0 Å². The normalized spacial score (nSPS) is 22.7. The summed E-state index contributed by atoms with van der Waals surface area (Å²) in [6.07, 6.45) is 0. The highest BCUT2D eigenvalue weighted by molar-refractivity contribution is 4.90. The molecule has 1 rings (SSSR count). The Bertz CT molecular complexity index is 258. The molecule has 0 aromatic rings. The molecule has 3 nitrogen and oxygen atoms in total. The molecule has 108 valence electrons. The third kappa shape index (κ3) is 4.87. The Hall–Kier alpha value is -0.120. The van der Waals surface area contributed by atoms with E-state index in [0.717, 1.165) is 6.54 Å². The third-order valence-corrected chi connectivity index (χ3v) is 4.04. The van der Waals surface area contributed by atoms with Crippen molar-refractivity contribution in [3.05, 3.63) is 0 Å². The first-order chi connectivity index (χ1) is 8.12. The summed E-state index contributed by atoms with van der Waals surface area (Å²) in [7, 11) is 2.24. The number of nitrogens with one attached hydrogen (secondary N) is 1. The molecule has 1 aliphatic rings. The fourth-order valence-electron chi connectivity index (χ4n) is 2.62. The van der Waals surface area contributed by atoms with E-state index in [2.05, 4.69) is 63.7 Å². The first-order valence-electron chi connectivity index (χ1n) is 7.29. The lowest BCUT2D eigenvalue weighted by Gasteiger charge is -2.47.